The smallest absolute Gasteiger partial charge is 0.235 e. The average molecular weight is 593 g/mol. The van der Waals surface area contributed by atoms with E-state index in [-0.39, 0.29) is 0 Å². The molecule has 0 amide bonds. The Morgan fingerprint density at radius 1 is 0.489 bits per heavy atom. The summed E-state index contributed by atoms with van der Waals surface area (Å²) in [5.41, 5.74) is 7.41. The van der Waals surface area contributed by atoms with Crippen molar-refractivity contribution in [3.8, 4) is 22.9 Å². The van der Waals surface area contributed by atoms with Crippen molar-refractivity contribution >= 4 is 75.1 Å². The molecule has 0 aliphatic heterocycles. The summed E-state index contributed by atoms with van der Waals surface area (Å²) in [5, 5.41) is 7.22. The number of nitrogens with zero attached hydrogens (tertiary/aromatic N) is 4. The number of rotatable bonds is 3. The van der Waals surface area contributed by atoms with Crippen LogP contribution in [-0.4, -0.2) is 19.1 Å². The van der Waals surface area contributed by atoms with E-state index in [1.54, 1.807) is 0 Å². The van der Waals surface area contributed by atoms with Gasteiger partial charge in [0.15, 0.2) is 0 Å². The Labute approximate surface area is 262 Å². The molecule has 0 bridgehead atoms. The molecular weight excluding hydrogens is 569 g/mol. The maximum absolute atomic E-state index is 5.33. The second-order valence-electron chi connectivity index (χ2n) is 11.5. The van der Waals surface area contributed by atoms with Crippen LogP contribution in [0.5, 0.6) is 0 Å². The van der Waals surface area contributed by atoms with Crippen molar-refractivity contribution in [2.75, 3.05) is 0 Å². The summed E-state index contributed by atoms with van der Waals surface area (Å²) in [7, 11) is 0. The van der Waals surface area contributed by atoms with E-state index in [0.29, 0.717) is 5.95 Å². The molecule has 0 aliphatic rings. The standard InChI is InChI=1S/C40H24N4S/c1-3-11-25(12-4-1)39-29-16-7-9-17-33(29)41-40(42-39)44-35-23-34-26(19-20-43(34)27-13-5-2-6-14-27)21-30(35)31-22-32-28-15-8-10-18-37(28)45-38(32)24-36(31)44/h1-24H. The maximum Gasteiger partial charge on any atom is 0.235 e. The molecule has 0 N–H and O–H groups in total. The Bertz CT molecular complexity index is 2750. The normalized spacial score (nSPS) is 12.0. The topological polar surface area (TPSA) is 35.6 Å². The summed E-state index contributed by atoms with van der Waals surface area (Å²) in [6.07, 6.45) is 2.16. The molecule has 10 aromatic rings. The van der Waals surface area contributed by atoms with Crippen LogP contribution in [-0.2, 0) is 0 Å². The Morgan fingerprint density at radius 3 is 2.07 bits per heavy atom. The van der Waals surface area contributed by atoms with Gasteiger partial charge in [-0.15, -0.1) is 11.3 Å². The molecule has 4 aromatic heterocycles. The molecule has 210 valence electrons. The van der Waals surface area contributed by atoms with Gasteiger partial charge in [-0.2, -0.15) is 0 Å². The molecule has 0 radical (unpaired) electrons. The lowest BCUT2D eigenvalue weighted by molar-refractivity contribution is 1.01. The molecule has 0 spiro atoms. The van der Waals surface area contributed by atoms with E-state index in [1.807, 2.05) is 17.4 Å². The van der Waals surface area contributed by atoms with Crippen LogP contribution >= 0.6 is 11.3 Å². The zero-order chi connectivity index (χ0) is 29.5. The maximum atomic E-state index is 5.33. The highest BCUT2D eigenvalue weighted by Crippen LogP contribution is 2.42. The first-order valence-corrected chi connectivity index (χ1v) is 15.9. The van der Waals surface area contributed by atoms with Gasteiger partial charge in [-0.1, -0.05) is 84.9 Å². The second kappa shape index (κ2) is 9.36. The number of hydrogen-bond donors (Lipinski definition) is 0. The first-order chi connectivity index (χ1) is 22.3. The fourth-order valence-corrected chi connectivity index (χ4v) is 7.99. The van der Waals surface area contributed by atoms with E-state index in [0.717, 1.165) is 44.4 Å². The molecule has 5 heteroatoms. The molecular formula is C40H24N4S. The lowest BCUT2D eigenvalue weighted by Gasteiger charge is -2.12. The minimum Gasteiger partial charge on any atom is -0.316 e. The molecule has 0 saturated carbocycles. The minimum atomic E-state index is 0.671. The summed E-state index contributed by atoms with van der Waals surface area (Å²) in [6.45, 7) is 0. The SMILES string of the molecule is c1ccc(-c2nc(-n3c4cc5sc6ccccc6c5cc4c4cc5ccn(-c6ccccc6)c5cc43)nc3ccccc23)cc1. The number of fused-ring (bicyclic) bond motifs is 8. The van der Waals surface area contributed by atoms with Gasteiger partial charge in [0.05, 0.1) is 27.8 Å². The zero-order valence-corrected chi connectivity index (χ0v) is 24.9. The molecule has 4 heterocycles. The Balaban J connectivity index is 1.36. The number of hydrogen-bond acceptors (Lipinski definition) is 3. The third-order valence-electron chi connectivity index (χ3n) is 8.95. The van der Waals surface area contributed by atoms with E-state index in [1.165, 1.54) is 36.3 Å². The van der Waals surface area contributed by atoms with E-state index < -0.39 is 0 Å². The van der Waals surface area contributed by atoms with E-state index >= 15 is 0 Å². The lowest BCUT2D eigenvalue weighted by atomic mass is 10.1. The zero-order valence-electron chi connectivity index (χ0n) is 24.1. The first kappa shape index (κ1) is 24.6. The van der Waals surface area contributed by atoms with Crippen molar-refractivity contribution in [2.45, 2.75) is 0 Å². The number of thiophene rings is 1. The van der Waals surface area contributed by atoms with Crippen LogP contribution in [0.4, 0.5) is 0 Å². The average Bonchev–Trinajstić information content (AvgIpc) is 3.77. The molecule has 0 fully saturated rings. The Hall–Kier alpha value is -5.78. The number of benzene rings is 6. The predicted octanol–water partition coefficient (Wildman–Crippen LogP) is 10.7. The van der Waals surface area contributed by atoms with Gasteiger partial charge < -0.3 is 4.57 Å². The highest BCUT2D eigenvalue weighted by Gasteiger charge is 2.20. The van der Waals surface area contributed by atoms with Crippen molar-refractivity contribution in [1.82, 2.24) is 19.1 Å². The molecule has 45 heavy (non-hydrogen) atoms. The van der Waals surface area contributed by atoms with Crippen molar-refractivity contribution in [1.29, 1.82) is 0 Å². The highest BCUT2D eigenvalue weighted by molar-refractivity contribution is 7.25. The predicted molar refractivity (Wildman–Crippen MR) is 189 cm³/mol. The second-order valence-corrected chi connectivity index (χ2v) is 12.6. The van der Waals surface area contributed by atoms with Gasteiger partial charge >= 0.3 is 0 Å². The summed E-state index contributed by atoms with van der Waals surface area (Å²) in [6, 6.07) is 49.5. The quantitative estimate of drug-likeness (QED) is 0.205. The molecule has 6 aromatic carbocycles. The van der Waals surface area contributed by atoms with Gasteiger partial charge in [-0.25, -0.2) is 9.97 Å². The third-order valence-corrected chi connectivity index (χ3v) is 10.1. The fraction of sp³-hybridized carbons (Fsp3) is 0. The summed E-state index contributed by atoms with van der Waals surface area (Å²) in [4.78, 5) is 10.6. The van der Waals surface area contributed by atoms with Gasteiger partial charge in [-0.3, -0.25) is 4.57 Å². The van der Waals surface area contributed by atoms with Crippen molar-refractivity contribution in [3.63, 3.8) is 0 Å². The van der Waals surface area contributed by atoms with E-state index in [2.05, 4.69) is 149 Å². The number of para-hydroxylation sites is 2. The third kappa shape index (κ3) is 3.65. The van der Waals surface area contributed by atoms with Crippen LogP contribution in [0.15, 0.2) is 146 Å². The van der Waals surface area contributed by atoms with Crippen molar-refractivity contribution in [2.24, 2.45) is 0 Å². The van der Waals surface area contributed by atoms with Gasteiger partial charge in [0, 0.05) is 59.2 Å². The molecule has 4 nitrogen and oxygen atoms in total. The first-order valence-electron chi connectivity index (χ1n) is 15.1. The van der Waals surface area contributed by atoms with Crippen LogP contribution in [0.2, 0.25) is 0 Å². The molecule has 10 rings (SSSR count). The summed E-state index contributed by atoms with van der Waals surface area (Å²) < 4.78 is 7.09. The van der Waals surface area contributed by atoms with Crippen LogP contribution in [0.1, 0.15) is 0 Å². The Morgan fingerprint density at radius 2 is 1.20 bits per heavy atom. The van der Waals surface area contributed by atoms with Crippen molar-refractivity contribution in [3.05, 3.63) is 146 Å². The summed E-state index contributed by atoms with van der Waals surface area (Å²) in [5.74, 6) is 0.671. The van der Waals surface area contributed by atoms with Crippen LogP contribution in [0.3, 0.4) is 0 Å². The van der Waals surface area contributed by atoms with Gasteiger partial charge in [0.25, 0.3) is 0 Å². The largest absolute Gasteiger partial charge is 0.316 e. The molecule has 0 aliphatic carbocycles. The van der Waals surface area contributed by atoms with Gasteiger partial charge in [0.1, 0.15) is 0 Å². The lowest BCUT2D eigenvalue weighted by Crippen LogP contribution is -2.03. The minimum absolute atomic E-state index is 0.671. The Kier molecular flexibility index (Phi) is 5.12. The monoisotopic (exact) mass is 592 g/mol. The van der Waals surface area contributed by atoms with Crippen LogP contribution in [0, 0.1) is 0 Å². The van der Waals surface area contributed by atoms with E-state index in [9.17, 15) is 0 Å². The van der Waals surface area contributed by atoms with E-state index in [4.69, 9.17) is 9.97 Å². The van der Waals surface area contributed by atoms with Crippen LogP contribution in [0.25, 0.3) is 86.7 Å². The van der Waals surface area contributed by atoms with Crippen molar-refractivity contribution < 1.29 is 0 Å². The van der Waals surface area contributed by atoms with Gasteiger partial charge in [-0.05, 0) is 54.6 Å². The molecule has 0 atom stereocenters. The molecule has 0 unspecified atom stereocenters. The highest BCUT2D eigenvalue weighted by atomic mass is 32.1. The summed E-state index contributed by atoms with van der Waals surface area (Å²) >= 11 is 1.84. The number of aromatic nitrogens is 4. The van der Waals surface area contributed by atoms with Gasteiger partial charge in [0.2, 0.25) is 5.95 Å². The van der Waals surface area contributed by atoms with Crippen LogP contribution < -0.4 is 0 Å². The molecule has 0 saturated heterocycles. The fourth-order valence-electron chi connectivity index (χ4n) is 6.87.